The number of carbonyl (C=O) groups excluding carboxylic acids is 1. The van der Waals surface area contributed by atoms with Crippen LogP contribution in [-0.2, 0) is 15.1 Å². The fourth-order valence-corrected chi connectivity index (χ4v) is 5.34. The first-order chi connectivity index (χ1) is 11.2. The molecular formula is C17H19NO3S2. The Balaban J connectivity index is 1.58. The molecule has 2 aliphatic heterocycles. The molecule has 4 heterocycles. The smallest absolute Gasteiger partial charge is 0.349 e. The maximum absolute atomic E-state index is 12.9. The lowest BCUT2D eigenvalue weighted by atomic mass is 9.98. The van der Waals surface area contributed by atoms with Gasteiger partial charge < -0.3 is 15.2 Å². The van der Waals surface area contributed by atoms with Gasteiger partial charge in [-0.1, -0.05) is 12.1 Å². The van der Waals surface area contributed by atoms with Crippen molar-refractivity contribution in [3.63, 3.8) is 0 Å². The highest BCUT2D eigenvalue weighted by Gasteiger charge is 2.46. The van der Waals surface area contributed by atoms with Crippen LogP contribution in [0.1, 0.15) is 35.4 Å². The van der Waals surface area contributed by atoms with Crippen molar-refractivity contribution < 1.29 is 14.6 Å². The molecular weight excluding hydrogens is 330 g/mol. The van der Waals surface area contributed by atoms with Gasteiger partial charge in [0.15, 0.2) is 0 Å². The predicted molar refractivity (Wildman–Crippen MR) is 90.7 cm³/mol. The minimum absolute atomic E-state index is 0.104. The normalized spacial score (nSPS) is 27.1. The second-order valence-electron chi connectivity index (χ2n) is 6.30. The second kappa shape index (κ2) is 6.02. The number of ether oxygens (including phenoxy) is 1. The van der Waals surface area contributed by atoms with E-state index in [1.165, 1.54) is 22.7 Å². The zero-order valence-corrected chi connectivity index (χ0v) is 14.2. The van der Waals surface area contributed by atoms with Crippen LogP contribution in [0.5, 0.6) is 0 Å². The molecule has 122 valence electrons. The summed E-state index contributed by atoms with van der Waals surface area (Å²) in [6.45, 7) is 0. The number of nitrogens with one attached hydrogen (secondary N) is 1. The molecule has 6 heteroatoms. The van der Waals surface area contributed by atoms with Crippen LogP contribution in [0.2, 0.25) is 0 Å². The van der Waals surface area contributed by atoms with Crippen LogP contribution in [0, 0.1) is 0 Å². The van der Waals surface area contributed by atoms with Gasteiger partial charge in [0.2, 0.25) is 5.60 Å². The Labute approximate surface area is 143 Å². The summed E-state index contributed by atoms with van der Waals surface area (Å²) in [7, 11) is 0. The minimum Gasteiger partial charge on any atom is -0.460 e. The molecule has 2 N–H and O–H groups in total. The Bertz CT molecular complexity index is 622. The molecule has 0 spiro atoms. The monoisotopic (exact) mass is 349 g/mol. The number of thiophene rings is 2. The van der Waals surface area contributed by atoms with E-state index in [1.807, 2.05) is 22.9 Å². The largest absolute Gasteiger partial charge is 0.460 e. The Morgan fingerprint density at radius 1 is 1.13 bits per heavy atom. The van der Waals surface area contributed by atoms with Gasteiger partial charge in [0.05, 0.1) is 9.75 Å². The fourth-order valence-electron chi connectivity index (χ4n) is 3.63. The van der Waals surface area contributed by atoms with Gasteiger partial charge in [-0.2, -0.15) is 0 Å². The molecule has 2 aliphatic rings. The summed E-state index contributed by atoms with van der Waals surface area (Å²) in [5.74, 6) is -0.547. The van der Waals surface area contributed by atoms with Crippen LogP contribution in [0.15, 0.2) is 35.0 Å². The van der Waals surface area contributed by atoms with E-state index in [9.17, 15) is 9.90 Å². The van der Waals surface area contributed by atoms with Crippen molar-refractivity contribution in [1.82, 2.24) is 5.32 Å². The first kappa shape index (κ1) is 15.3. The average Bonchev–Trinajstić information content (AvgIpc) is 3.28. The van der Waals surface area contributed by atoms with E-state index in [2.05, 4.69) is 5.32 Å². The van der Waals surface area contributed by atoms with E-state index in [-0.39, 0.29) is 6.10 Å². The van der Waals surface area contributed by atoms with Crippen LogP contribution in [0.25, 0.3) is 0 Å². The number of piperidine rings is 1. The summed E-state index contributed by atoms with van der Waals surface area (Å²) in [4.78, 5) is 14.1. The van der Waals surface area contributed by atoms with Crippen LogP contribution in [0.4, 0.5) is 0 Å². The van der Waals surface area contributed by atoms with Crippen molar-refractivity contribution in [2.75, 3.05) is 0 Å². The molecule has 0 aromatic carbocycles. The molecule has 2 aromatic rings. The van der Waals surface area contributed by atoms with Crippen molar-refractivity contribution in [3.05, 3.63) is 44.8 Å². The quantitative estimate of drug-likeness (QED) is 0.834. The zero-order valence-electron chi connectivity index (χ0n) is 12.6. The molecule has 2 aromatic heterocycles. The number of rotatable bonds is 4. The van der Waals surface area contributed by atoms with Crippen LogP contribution in [-0.4, -0.2) is 29.3 Å². The highest BCUT2D eigenvalue weighted by atomic mass is 32.1. The Morgan fingerprint density at radius 3 is 2.17 bits per heavy atom. The third-order valence-corrected chi connectivity index (χ3v) is 6.71. The average molecular weight is 349 g/mol. The maximum atomic E-state index is 12.9. The lowest BCUT2D eigenvalue weighted by Crippen LogP contribution is -2.45. The molecule has 0 amide bonds. The lowest BCUT2D eigenvalue weighted by molar-refractivity contribution is -0.169. The summed E-state index contributed by atoms with van der Waals surface area (Å²) < 4.78 is 5.77. The molecule has 2 saturated heterocycles. The van der Waals surface area contributed by atoms with Crippen molar-refractivity contribution in [2.45, 2.75) is 49.5 Å². The first-order valence-electron chi connectivity index (χ1n) is 7.93. The first-order valence-corrected chi connectivity index (χ1v) is 9.69. The Hall–Kier alpha value is -1.21. The van der Waals surface area contributed by atoms with Gasteiger partial charge in [-0.05, 0) is 48.6 Å². The van der Waals surface area contributed by atoms with Gasteiger partial charge in [0, 0.05) is 12.1 Å². The van der Waals surface area contributed by atoms with E-state index in [1.54, 1.807) is 12.1 Å². The van der Waals surface area contributed by atoms with Crippen molar-refractivity contribution in [1.29, 1.82) is 0 Å². The van der Waals surface area contributed by atoms with Crippen LogP contribution in [0.3, 0.4) is 0 Å². The second-order valence-corrected chi connectivity index (χ2v) is 8.20. The third kappa shape index (κ3) is 2.74. The zero-order chi connectivity index (χ0) is 15.9. The number of aliphatic hydroxyl groups is 1. The Kier molecular flexibility index (Phi) is 4.01. The number of esters is 1. The van der Waals surface area contributed by atoms with Gasteiger partial charge in [-0.15, -0.1) is 22.7 Å². The third-order valence-electron chi connectivity index (χ3n) is 4.75. The molecule has 0 saturated carbocycles. The standard InChI is InChI=1S/C17H19NO3S2/c19-16(21-13-9-11-5-6-12(10-13)18-11)17(20,14-3-1-7-22-14)15-4-2-8-23-15/h1-4,7-8,11-13,18,20H,5-6,9-10H2. The summed E-state index contributed by atoms with van der Waals surface area (Å²) in [5.41, 5.74) is -1.69. The number of fused-ring (bicyclic) bond motifs is 2. The van der Waals surface area contributed by atoms with Gasteiger partial charge >= 0.3 is 5.97 Å². The predicted octanol–water partition coefficient (Wildman–Crippen LogP) is 2.87. The molecule has 2 unspecified atom stereocenters. The lowest BCUT2D eigenvalue weighted by Gasteiger charge is -2.32. The maximum Gasteiger partial charge on any atom is 0.349 e. The van der Waals surface area contributed by atoms with E-state index in [4.69, 9.17) is 4.74 Å². The summed E-state index contributed by atoms with van der Waals surface area (Å²) in [5, 5.41) is 18.5. The van der Waals surface area contributed by atoms with Gasteiger partial charge in [0.25, 0.3) is 0 Å². The summed E-state index contributed by atoms with van der Waals surface area (Å²) in [6, 6.07) is 8.16. The molecule has 0 radical (unpaired) electrons. The molecule has 2 atom stereocenters. The SMILES string of the molecule is O=C(OC1CC2CCC(C1)N2)C(O)(c1cccs1)c1cccs1. The number of hydrogen-bond donors (Lipinski definition) is 2. The molecule has 23 heavy (non-hydrogen) atoms. The van der Waals surface area contributed by atoms with Crippen molar-refractivity contribution in [2.24, 2.45) is 0 Å². The van der Waals surface area contributed by atoms with Crippen molar-refractivity contribution in [3.8, 4) is 0 Å². The minimum atomic E-state index is -1.69. The summed E-state index contributed by atoms with van der Waals surface area (Å²) in [6.07, 6.45) is 3.88. The molecule has 0 aliphatic carbocycles. The van der Waals surface area contributed by atoms with E-state index >= 15 is 0 Å². The molecule has 4 nitrogen and oxygen atoms in total. The van der Waals surface area contributed by atoms with E-state index in [0.717, 1.165) is 25.7 Å². The van der Waals surface area contributed by atoms with E-state index < -0.39 is 11.6 Å². The summed E-state index contributed by atoms with van der Waals surface area (Å²) >= 11 is 2.75. The molecule has 2 bridgehead atoms. The number of carbonyl (C=O) groups is 1. The van der Waals surface area contributed by atoms with Crippen LogP contribution >= 0.6 is 22.7 Å². The highest BCUT2D eigenvalue weighted by Crippen LogP contribution is 2.38. The van der Waals surface area contributed by atoms with Crippen LogP contribution < -0.4 is 5.32 Å². The molecule has 4 rings (SSSR count). The topological polar surface area (TPSA) is 58.6 Å². The van der Waals surface area contributed by atoms with Gasteiger partial charge in [-0.25, -0.2) is 4.79 Å². The molecule has 2 fully saturated rings. The highest BCUT2D eigenvalue weighted by molar-refractivity contribution is 7.12. The Morgan fingerprint density at radius 2 is 1.70 bits per heavy atom. The van der Waals surface area contributed by atoms with Crippen molar-refractivity contribution >= 4 is 28.6 Å². The van der Waals surface area contributed by atoms with E-state index in [0.29, 0.717) is 21.8 Å². The van der Waals surface area contributed by atoms with Gasteiger partial charge in [0.1, 0.15) is 6.10 Å². The van der Waals surface area contributed by atoms with Gasteiger partial charge in [-0.3, -0.25) is 0 Å². The number of hydrogen-bond acceptors (Lipinski definition) is 6. The fraction of sp³-hybridized carbons (Fsp3) is 0.471.